The number of rotatable bonds is 4. The van der Waals surface area contributed by atoms with Gasteiger partial charge in [0, 0.05) is 17.9 Å². The molecular weight excluding hydrogens is 515 g/mol. The predicted molar refractivity (Wildman–Crippen MR) is 107 cm³/mol. The van der Waals surface area contributed by atoms with Gasteiger partial charge in [0.1, 0.15) is 33.2 Å². The van der Waals surface area contributed by atoms with E-state index < -0.39 is 0 Å². The van der Waals surface area contributed by atoms with Crippen molar-refractivity contribution in [2.24, 2.45) is 0 Å². The molecule has 31 heavy (non-hydrogen) atoms. The first-order valence-corrected chi connectivity index (χ1v) is 10.6. The lowest BCUT2D eigenvalue weighted by Crippen LogP contribution is -3.00. The van der Waals surface area contributed by atoms with Crippen molar-refractivity contribution in [2.75, 3.05) is 82.7 Å². The van der Waals surface area contributed by atoms with Gasteiger partial charge in [-0.25, -0.2) is 19.5 Å². The van der Waals surface area contributed by atoms with Gasteiger partial charge in [0.25, 0.3) is 5.91 Å². The largest absolute Gasteiger partial charge is 1.00 e. The summed E-state index contributed by atoms with van der Waals surface area (Å²) in [6.45, 7) is 8.85. The van der Waals surface area contributed by atoms with Crippen molar-refractivity contribution in [2.45, 2.75) is 6.10 Å². The number of anilines is 2. The summed E-state index contributed by atoms with van der Waals surface area (Å²) in [5.74, 6) is -0.0368. The Balaban J connectivity index is 0.00000204. The van der Waals surface area contributed by atoms with E-state index in [1.54, 1.807) is 9.80 Å². The summed E-state index contributed by atoms with van der Waals surface area (Å²) in [7, 11) is 0. The number of cyclic esters (lactones) is 1. The van der Waals surface area contributed by atoms with Gasteiger partial charge in [-0.1, -0.05) is 0 Å². The van der Waals surface area contributed by atoms with E-state index in [0.29, 0.717) is 19.7 Å². The summed E-state index contributed by atoms with van der Waals surface area (Å²) < 4.78 is 11.9. The quantitative estimate of drug-likeness (QED) is 0.295. The number of amides is 2. The molecule has 0 unspecified atom stereocenters. The minimum absolute atomic E-state index is 0. The van der Waals surface area contributed by atoms with E-state index in [2.05, 4.69) is 14.7 Å². The van der Waals surface area contributed by atoms with Gasteiger partial charge >= 0.3 is 6.09 Å². The van der Waals surface area contributed by atoms with Gasteiger partial charge in [-0.15, -0.1) is 0 Å². The molecule has 6 aliphatic heterocycles. The highest BCUT2D eigenvalue weighted by Gasteiger charge is 2.51. The van der Waals surface area contributed by atoms with E-state index in [9.17, 15) is 9.59 Å². The van der Waals surface area contributed by atoms with Crippen molar-refractivity contribution >= 4 is 23.4 Å². The van der Waals surface area contributed by atoms with Gasteiger partial charge < -0.3 is 38.4 Å². The fourth-order valence-electron chi connectivity index (χ4n) is 5.69. The smallest absolute Gasteiger partial charge is 0.414 e. The Hall–Kier alpha value is -1.51. The van der Waals surface area contributed by atoms with Crippen LogP contribution in [-0.2, 0) is 14.3 Å². The number of carbonyl (C=O) groups excluding carboxylic acids is 2. The molecule has 0 aromatic heterocycles. The zero-order chi connectivity index (χ0) is 20.3. The monoisotopic (exact) mass is 542 g/mol. The molecule has 6 saturated heterocycles. The Morgan fingerprint density at radius 3 is 2.06 bits per heavy atom. The van der Waals surface area contributed by atoms with Crippen LogP contribution in [0.3, 0.4) is 0 Å². The van der Waals surface area contributed by atoms with E-state index >= 15 is 0 Å². The molecule has 0 N–H and O–H groups in total. The molecule has 6 aliphatic rings. The maximum atomic E-state index is 12.6. The molecule has 4 bridgehead atoms. The third-order valence-corrected chi connectivity index (χ3v) is 6.62. The van der Waals surface area contributed by atoms with Crippen LogP contribution in [0.1, 0.15) is 0 Å². The standard InChI is InChI=1S/C20H27N6O4.HI/c27-19-9-29-6-5-24(19)16-1-3-17(4-2-16)25-7-18(30-20(25)28)8-26-13-21-10-22(14-26)12-23(11-21)15-26;/h1-4,18H,5-15H2;1H/q+1;/p-1/t18-;/m1./s1. The average molecular weight is 542 g/mol. The molecule has 1 aromatic carbocycles. The molecule has 168 valence electrons. The zero-order valence-electron chi connectivity index (χ0n) is 17.4. The molecule has 11 heteroatoms. The summed E-state index contributed by atoms with van der Waals surface area (Å²) in [4.78, 5) is 35.5. The number of benzene rings is 1. The SMILES string of the molecule is O=C1COCCN1c1ccc(N2C[C@H](C[N+]34CN5CN(CN(C5)C3)C4)OC2=O)cc1.[I-]. The molecule has 0 saturated carbocycles. The van der Waals surface area contributed by atoms with Gasteiger partial charge in [0.05, 0.1) is 33.2 Å². The van der Waals surface area contributed by atoms with Crippen LogP contribution in [0.15, 0.2) is 24.3 Å². The predicted octanol–water partition coefficient (Wildman–Crippen LogP) is -3.11. The Kier molecular flexibility index (Phi) is 5.59. The first-order valence-electron chi connectivity index (χ1n) is 10.6. The van der Waals surface area contributed by atoms with Crippen LogP contribution < -0.4 is 33.8 Å². The van der Waals surface area contributed by atoms with Crippen molar-refractivity contribution in [3.63, 3.8) is 0 Å². The van der Waals surface area contributed by atoms with Crippen molar-refractivity contribution in [3.8, 4) is 0 Å². The second kappa shape index (κ2) is 8.12. The molecule has 2 amide bonds. The van der Waals surface area contributed by atoms with Crippen molar-refractivity contribution in [1.29, 1.82) is 0 Å². The number of carbonyl (C=O) groups is 2. The fourth-order valence-corrected chi connectivity index (χ4v) is 5.69. The van der Waals surface area contributed by atoms with Crippen LogP contribution in [0.25, 0.3) is 0 Å². The number of morpholine rings is 1. The molecule has 0 radical (unpaired) electrons. The fraction of sp³-hybridized carbons (Fsp3) is 0.600. The van der Waals surface area contributed by atoms with Crippen molar-refractivity contribution < 1.29 is 47.5 Å². The van der Waals surface area contributed by atoms with E-state index in [1.165, 1.54) is 0 Å². The van der Waals surface area contributed by atoms with Crippen LogP contribution in [0.4, 0.5) is 16.2 Å². The van der Waals surface area contributed by atoms with E-state index in [-0.39, 0.29) is 48.7 Å². The molecule has 0 spiro atoms. The molecule has 1 aromatic rings. The summed E-state index contributed by atoms with van der Waals surface area (Å²) >= 11 is 0. The third-order valence-electron chi connectivity index (χ3n) is 6.62. The van der Waals surface area contributed by atoms with Crippen LogP contribution in [0.2, 0.25) is 0 Å². The molecule has 0 aliphatic carbocycles. The normalized spacial score (nSPS) is 36.5. The minimum atomic E-state index is -0.287. The first kappa shape index (κ1) is 21.3. The Labute approximate surface area is 198 Å². The second-order valence-electron chi connectivity index (χ2n) is 9.12. The number of ether oxygens (including phenoxy) is 2. The zero-order valence-corrected chi connectivity index (χ0v) is 19.5. The summed E-state index contributed by atoms with van der Waals surface area (Å²) in [5, 5.41) is 0. The van der Waals surface area contributed by atoms with E-state index in [1.807, 2.05) is 24.3 Å². The minimum Gasteiger partial charge on any atom is -1.00 e. The van der Waals surface area contributed by atoms with Gasteiger partial charge in [0.15, 0.2) is 6.10 Å². The lowest BCUT2D eigenvalue weighted by atomic mass is 10.2. The summed E-state index contributed by atoms with van der Waals surface area (Å²) in [6.07, 6.45) is -0.400. The molecule has 1 atom stereocenters. The molecule has 10 nitrogen and oxygen atoms in total. The van der Waals surface area contributed by atoms with Crippen molar-refractivity contribution in [1.82, 2.24) is 14.7 Å². The Morgan fingerprint density at radius 2 is 1.48 bits per heavy atom. The van der Waals surface area contributed by atoms with Gasteiger partial charge in [0.2, 0.25) is 0 Å². The highest BCUT2D eigenvalue weighted by Crippen LogP contribution is 2.31. The maximum Gasteiger partial charge on any atom is 0.414 e. The van der Waals surface area contributed by atoms with Crippen LogP contribution in [0, 0.1) is 0 Å². The average Bonchev–Trinajstić information content (AvgIpc) is 3.07. The Bertz CT molecular complexity index is 832. The topological polar surface area (TPSA) is 68.8 Å². The third kappa shape index (κ3) is 3.91. The first-order chi connectivity index (χ1) is 14.6. The second-order valence-corrected chi connectivity index (χ2v) is 9.12. The van der Waals surface area contributed by atoms with Gasteiger partial charge in [-0.3, -0.25) is 14.2 Å². The van der Waals surface area contributed by atoms with Crippen molar-refractivity contribution in [3.05, 3.63) is 24.3 Å². The molecule has 7 rings (SSSR count). The summed E-state index contributed by atoms with van der Waals surface area (Å²) in [6, 6.07) is 7.57. The lowest BCUT2D eigenvalue weighted by Gasteiger charge is -2.61. The number of hydrogen-bond donors (Lipinski definition) is 0. The van der Waals surface area contributed by atoms with E-state index in [0.717, 1.165) is 62.4 Å². The molecule has 6 fully saturated rings. The van der Waals surface area contributed by atoms with Crippen LogP contribution >= 0.6 is 0 Å². The Morgan fingerprint density at radius 1 is 0.903 bits per heavy atom. The van der Waals surface area contributed by atoms with E-state index in [4.69, 9.17) is 9.47 Å². The number of hydrogen-bond acceptors (Lipinski definition) is 7. The highest BCUT2D eigenvalue weighted by atomic mass is 127. The number of nitrogens with zero attached hydrogens (tertiary/aromatic N) is 6. The van der Waals surface area contributed by atoms with Crippen LogP contribution in [0.5, 0.6) is 0 Å². The van der Waals surface area contributed by atoms with Crippen LogP contribution in [-0.4, -0.2) is 110 Å². The number of quaternary nitrogens is 1. The van der Waals surface area contributed by atoms with Gasteiger partial charge in [-0.2, -0.15) is 0 Å². The maximum absolute atomic E-state index is 12.6. The number of halogens is 1. The molecule has 6 heterocycles. The summed E-state index contributed by atoms with van der Waals surface area (Å²) in [5.41, 5.74) is 1.64. The lowest BCUT2D eigenvalue weighted by molar-refractivity contribution is -0.981. The molecular formula is C20H27IN6O4. The van der Waals surface area contributed by atoms with Gasteiger partial charge in [-0.05, 0) is 24.3 Å². The highest BCUT2D eigenvalue weighted by molar-refractivity contribution is 5.95.